The number of piperazine rings is 1. The molecule has 1 aromatic rings. The van der Waals surface area contributed by atoms with Crippen LogP contribution in [0.15, 0.2) is 18.3 Å². The van der Waals surface area contributed by atoms with Crippen LogP contribution in [0.2, 0.25) is 0 Å². The molecule has 3 N–H and O–H groups in total. The number of ketones is 1. The molecule has 1 atom stereocenters. The maximum atomic E-state index is 11.8. The zero-order valence-electron chi connectivity index (χ0n) is 9.35. The number of nitrogens with one attached hydrogen (secondary N) is 2. The van der Waals surface area contributed by atoms with Gasteiger partial charge >= 0.3 is 5.97 Å². The van der Waals surface area contributed by atoms with Crippen LogP contribution in [0.1, 0.15) is 10.5 Å². The summed E-state index contributed by atoms with van der Waals surface area (Å²) in [5.74, 6) is -0.886. The molecule has 0 aromatic carbocycles. The number of H-pyrrole nitrogens is 1. The molecule has 1 fully saturated rings. The minimum Gasteiger partial charge on any atom is -0.480 e. The number of hydrogen-bond acceptors (Lipinski definition) is 4. The van der Waals surface area contributed by atoms with Crippen LogP contribution in [0.4, 0.5) is 0 Å². The normalized spacial score (nSPS) is 21.3. The highest BCUT2D eigenvalue weighted by Crippen LogP contribution is 2.03. The van der Waals surface area contributed by atoms with Gasteiger partial charge in [0.2, 0.25) is 0 Å². The van der Waals surface area contributed by atoms with Crippen LogP contribution < -0.4 is 5.32 Å². The first-order valence-corrected chi connectivity index (χ1v) is 5.52. The monoisotopic (exact) mass is 237 g/mol. The van der Waals surface area contributed by atoms with E-state index < -0.39 is 12.0 Å². The van der Waals surface area contributed by atoms with Crippen LogP contribution in [-0.2, 0) is 4.79 Å². The van der Waals surface area contributed by atoms with Crippen molar-refractivity contribution >= 4 is 11.8 Å². The molecule has 6 nitrogen and oxygen atoms in total. The molecule has 2 rings (SSSR count). The Bertz CT molecular complexity index is 402. The lowest BCUT2D eigenvalue weighted by atomic mass is 10.2. The fourth-order valence-electron chi connectivity index (χ4n) is 1.91. The van der Waals surface area contributed by atoms with Gasteiger partial charge in [-0.15, -0.1) is 0 Å². The molecule has 0 saturated carbocycles. The molecule has 1 aliphatic rings. The number of carbonyl (C=O) groups is 2. The first-order chi connectivity index (χ1) is 8.16. The van der Waals surface area contributed by atoms with Gasteiger partial charge in [-0.05, 0) is 12.1 Å². The van der Waals surface area contributed by atoms with Crippen LogP contribution in [0, 0.1) is 0 Å². The molecule has 0 amide bonds. The fourth-order valence-corrected chi connectivity index (χ4v) is 1.91. The van der Waals surface area contributed by atoms with Gasteiger partial charge in [0.15, 0.2) is 5.78 Å². The molecule has 1 aliphatic heterocycles. The van der Waals surface area contributed by atoms with Crippen LogP contribution in [0.25, 0.3) is 0 Å². The van der Waals surface area contributed by atoms with E-state index in [0.717, 1.165) is 0 Å². The smallest absolute Gasteiger partial charge is 0.322 e. The third-order valence-electron chi connectivity index (χ3n) is 2.82. The highest BCUT2D eigenvalue weighted by atomic mass is 16.4. The third kappa shape index (κ3) is 2.92. The first kappa shape index (κ1) is 11.8. The number of aromatic amines is 1. The lowest BCUT2D eigenvalue weighted by molar-refractivity contribution is -0.140. The zero-order valence-corrected chi connectivity index (χ0v) is 9.35. The number of aliphatic carboxylic acids is 1. The van der Waals surface area contributed by atoms with Crippen molar-refractivity contribution < 1.29 is 14.7 Å². The van der Waals surface area contributed by atoms with E-state index in [1.54, 1.807) is 18.3 Å². The molecule has 17 heavy (non-hydrogen) atoms. The van der Waals surface area contributed by atoms with E-state index in [-0.39, 0.29) is 12.3 Å². The number of hydrogen-bond donors (Lipinski definition) is 3. The molecule has 0 spiro atoms. The maximum absolute atomic E-state index is 11.8. The van der Waals surface area contributed by atoms with Gasteiger partial charge < -0.3 is 15.4 Å². The molecule has 0 bridgehead atoms. The summed E-state index contributed by atoms with van der Waals surface area (Å²) in [5.41, 5.74) is 0.565. The van der Waals surface area contributed by atoms with Gasteiger partial charge in [-0.25, -0.2) is 0 Å². The molecule has 1 unspecified atom stereocenters. The average Bonchev–Trinajstić information content (AvgIpc) is 2.82. The quantitative estimate of drug-likeness (QED) is 0.618. The van der Waals surface area contributed by atoms with E-state index in [0.29, 0.717) is 25.3 Å². The van der Waals surface area contributed by atoms with Crippen molar-refractivity contribution in [2.24, 2.45) is 0 Å². The highest BCUT2D eigenvalue weighted by molar-refractivity contribution is 5.95. The van der Waals surface area contributed by atoms with Gasteiger partial charge in [-0.3, -0.25) is 14.5 Å². The van der Waals surface area contributed by atoms with Crippen LogP contribution in [0.5, 0.6) is 0 Å². The summed E-state index contributed by atoms with van der Waals surface area (Å²) in [6, 6.07) is 2.91. The first-order valence-electron chi connectivity index (χ1n) is 5.52. The molecule has 1 saturated heterocycles. The molecule has 2 heterocycles. The van der Waals surface area contributed by atoms with Gasteiger partial charge in [0.25, 0.3) is 0 Å². The van der Waals surface area contributed by atoms with E-state index in [4.69, 9.17) is 5.11 Å². The van der Waals surface area contributed by atoms with E-state index in [9.17, 15) is 9.59 Å². The summed E-state index contributed by atoms with van der Waals surface area (Å²) in [5, 5.41) is 11.8. The standard InChI is InChI=1S/C11H15N3O3/c15-10(8-2-1-3-12-8)7-14-5-4-13-9(6-14)11(16)17/h1-3,9,12-13H,4-7H2,(H,16,17). The summed E-state index contributed by atoms with van der Waals surface area (Å²) in [4.78, 5) is 27.4. The van der Waals surface area contributed by atoms with E-state index in [1.165, 1.54) is 0 Å². The summed E-state index contributed by atoms with van der Waals surface area (Å²) in [6.07, 6.45) is 1.70. The van der Waals surface area contributed by atoms with Gasteiger partial charge in [0, 0.05) is 25.8 Å². The van der Waals surface area contributed by atoms with Gasteiger partial charge in [0.1, 0.15) is 6.04 Å². The highest BCUT2D eigenvalue weighted by Gasteiger charge is 2.26. The Morgan fingerprint density at radius 1 is 1.53 bits per heavy atom. The number of rotatable bonds is 4. The number of carboxylic acid groups (broad SMARTS) is 1. The van der Waals surface area contributed by atoms with Gasteiger partial charge in [-0.2, -0.15) is 0 Å². The zero-order chi connectivity index (χ0) is 12.3. The Morgan fingerprint density at radius 3 is 3.00 bits per heavy atom. The van der Waals surface area contributed by atoms with E-state index in [2.05, 4.69) is 10.3 Å². The maximum Gasteiger partial charge on any atom is 0.322 e. The summed E-state index contributed by atoms with van der Waals surface area (Å²) >= 11 is 0. The van der Waals surface area contributed by atoms with E-state index in [1.807, 2.05) is 4.90 Å². The predicted octanol–water partition coefficient (Wildman–Crippen LogP) is -0.444. The SMILES string of the molecule is O=C(CN1CCNC(C(=O)O)C1)c1ccc[nH]1. The lowest BCUT2D eigenvalue weighted by Gasteiger charge is -2.30. The summed E-state index contributed by atoms with van der Waals surface area (Å²) in [6.45, 7) is 1.90. The molecule has 0 aliphatic carbocycles. The van der Waals surface area contributed by atoms with Crippen molar-refractivity contribution in [3.05, 3.63) is 24.0 Å². The minimum atomic E-state index is -0.873. The second kappa shape index (κ2) is 5.11. The van der Waals surface area contributed by atoms with Crippen molar-refractivity contribution in [2.45, 2.75) is 6.04 Å². The fraction of sp³-hybridized carbons (Fsp3) is 0.455. The number of Topliss-reactive ketones (excluding diaryl/α,β-unsaturated/α-hetero) is 1. The Hall–Kier alpha value is -1.66. The Labute approximate surface area is 98.6 Å². The predicted molar refractivity (Wildman–Crippen MR) is 61.0 cm³/mol. The molecule has 0 radical (unpaired) electrons. The van der Waals surface area contributed by atoms with Crippen molar-refractivity contribution in [1.82, 2.24) is 15.2 Å². The molecule has 1 aromatic heterocycles. The molecular formula is C11H15N3O3. The van der Waals surface area contributed by atoms with Crippen molar-refractivity contribution in [2.75, 3.05) is 26.2 Å². The van der Waals surface area contributed by atoms with Crippen LogP contribution >= 0.6 is 0 Å². The number of carboxylic acids is 1. The van der Waals surface area contributed by atoms with Crippen molar-refractivity contribution in [3.63, 3.8) is 0 Å². The number of aromatic nitrogens is 1. The van der Waals surface area contributed by atoms with Crippen LogP contribution in [0.3, 0.4) is 0 Å². The largest absolute Gasteiger partial charge is 0.480 e. The minimum absolute atomic E-state index is 0.0129. The average molecular weight is 237 g/mol. The number of nitrogens with zero attached hydrogens (tertiary/aromatic N) is 1. The Kier molecular flexibility index (Phi) is 3.55. The second-order valence-corrected chi connectivity index (χ2v) is 4.09. The second-order valence-electron chi connectivity index (χ2n) is 4.09. The van der Waals surface area contributed by atoms with Gasteiger partial charge in [0.05, 0.1) is 12.2 Å². The van der Waals surface area contributed by atoms with Gasteiger partial charge in [-0.1, -0.05) is 0 Å². The van der Waals surface area contributed by atoms with E-state index >= 15 is 0 Å². The lowest BCUT2D eigenvalue weighted by Crippen LogP contribution is -2.55. The topological polar surface area (TPSA) is 85.4 Å². The van der Waals surface area contributed by atoms with Crippen molar-refractivity contribution in [3.8, 4) is 0 Å². The Morgan fingerprint density at radius 2 is 2.35 bits per heavy atom. The summed E-state index contributed by atoms with van der Waals surface area (Å²) < 4.78 is 0. The number of carbonyl (C=O) groups excluding carboxylic acids is 1. The third-order valence-corrected chi connectivity index (χ3v) is 2.82. The van der Waals surface area contributed by atoms with Crippen LogP contribution in [-0.4, -0.2) is 59.0 Å². The molecular weight excluding hydrogens is 222 g/mol. The summed E-state index contributed by atoms with van der Waals surface area (Å²) in [7, 11) is 0. The molecule has 92 valence electrons. The molecule has 6 heteroatoms. The van der Waals surface area contributed by atoms with Crippen molar-refractivity contribution in [1.29, 1.82) is 0 Å². The Balaban J connectivity index is 1.91.